The number of nitrogens with one attached hydrogen (secondary N) is 2. The zero-order valence-corrected chi connectivity index (χ0v) is 11.1. The second-order valence-corrected chi connectivity index (χ2v) is 4.22. The predicted octanol–water partition coefficient (Wildman–Crippen LogP) is -1.34. The van der Waals surface area contributed by atoms with E-state index >= 15 is 0 Å². The normalized spacial score (nSPS) is 11.4. The van der Waals surface area contributed by atoms with Gasteiger partial charge >= 0.3 is 12.0 Å². The molecule has 0 rings (SSSR count). The summed E-state index contributed by atoms with van der Waals surface area (Å²) in [7, 11) is 0. The van der Waals surface area contributed by atoms with E-state index in [0.717, 1.165) is 0 Å². The van der Waals surface area contributed by atoms with E-state index in [2.05, 4.69) is 10.6 Å². The van der Waals surface area contributed by atoms with Gasteiger partial charge in [0.25, 0.3) is 0 Å². The van der Waals surface area contributed by atoms with Gasteiger partial charge in [0.2, 0.25) is 11.8 Å². The summed E-state index contributed by atoms with van der Waals surface area (Å²) in [5, 5.41) is 13.5. The first-order valence-electron chi connectivity index (χ1n) is 6.16. The van der Waals surface area contributed by atoms with Gasteiger partial charge in [0.05, 0.1) is 0 Å². The van der Waals surface area contributed by atoms with Gasteiger partial charge in [-0.25, -0.2) is 9.59 Å². The van der Waals surface area contributed by atoms with Crippen LogP contribution < -0.4 is 22.1 Å². The number of nitrogens with two attached hydrogens (primary N) is 2. The molecule has 20 heavy (non-hydrogen) atoms. The van der Waals surface area contributed by atoms with Crippen LogP contribution in [0.4, 0.5) is 4.79 Å². The molecule has 0 unspecified atom stereocenters. The number of primary amides is 2. The van der Waals surface area contributed by atoms with Crippen LogP contribution in [0.25, 0.3) is 0 Å². The molecule has 0 bridgehead atoms. The van der Waals surface area contributed by atoms with Crippen molar-refractivity contribution >= 4 is 23.8 Å². The van der Waals surface area contributed by atoms with Crippen LogP contribution in [0.15, 0.2) is 0 Å². The molecular formula is C11H20N4O5. The molecule has 7 N–H and O–H groups in total. The van der Waals surface area contributed by atoms with E-state index < -0.39 is 29.9 Å². The first kappa shape index (κ1) is 17.7. The van der Waals surface area contributed by atoms with Gasteiger partial charge in [-0.15, -0.1) is 0 Å². The number of carbonyl (C=O) groups excluding carboxylic acids is 3. The highest BCUT2D eigenvalue weighted by Crippen LogP contribution is 1.97. The smallest absolute Gasteiger partial charge is 0.326 e. The second-order valence-electron chi connectivity index (χ2n) is 4.22. The van der Waals surface area contributed by atoms with Crippen LogP contribution in [0.2, 0.25) is 0 Å². The van der Waals surface area contributed by atoms with Gasteiger partial charge in [-0.3, -0.25) is 9.59 Å². The van der Waals surface area contributed by atoms with E-state index in [4.69, 9.17) is 16.6 Å². The van der Waals surface area contributed by atoms with E-state index in [1.165, 1.54) is 0 Å². The quantitative estimate of drug-likeness (QED) is 0.313. The Hall–Kier alpha value is -2.32. The Bertz CT molecular complexity index is 372. The molecule has 9 nitrogen and oxygen atoms in total. The molecule has 0 spiro atoms. The summed E-state index contributed by atoms with van der Waals surface area (Å²) in [6.07, 6.45) is 1.13. The number of amides is 4. The fourth-order valence-electron chi connectivity index (χ4n) is 1.38. The maximum atomic E-state index is 11.4. The third-order valence-electron chi connectivity index (χ3n) is 2.42. The Labute approximate surface area is 116 Å². The topological polar surface area (TPSA) is 165 Å². The molecule has 1 atom stereocenters. The second kappa shape index (κ2) is 9.59. The van der Waals surface area contributed by atoms with E-state index in [9.17, 15) is 19.2 Å². The summed E-state index contributed by atoms with van der Waals surface area (Å²) in [5.41, 5.74) is 9.86. The lowest BCUT2D eigenvalue weighted by Gasteiger charge is -2.14. The number of carboxylic acid groups (broad SMARTS) is 1. The van der Waals surface area contributed by atoms with Gasteiger partial charge in [-0.1, -0.05) is 0 Å². The number of carbonyl (C=O) groups is 4. The van der Waals surface area contributed by atoms with E-state index in [1.54, 1.807) is 0 Å². The monoisotopic (exact) mass is 288 g/mol. The number of hydrogen-bond acceptors (Lipinski definition) is 4. The van der Waals surface area contributed by atoms with Crippen LogP contribution in [0.3, 0.4) is 0 Å². The summed E-state index contributed by atoms with van der Waals surface area (Å²) < 4.78 is 0. The lowest BCUT2D eigenvalue weighted by atomic mass is 10.1. The molecule has 0 aromatic rings. The third-order valence-corrected chi connectivity index (χ3v) is 2.42. The highest BCUT2D eigenvalue weighted by molar-refractivity contribution is 5.83. The minimum Gasteiger partial charge on any atom is -0.480 e. The Morgan fingerprint density at radius 1 is 1.00 bits per heavy atom. The van der Waals surface area contributed by atoms with Crippen molar-refractivity contribution in [3.63, 3.8) is 0 Å². The van der Waals surface area contributed by atoms with Gasteiger partial charge in [0, 0.05) is 19.4 Å². The SMILES string of the molecule is NC(=O)CCCCNC(=O)N[C@@H](CCC(N)=O)C(=O)O. The van der Waals surface area contributed by atoms with Gasteiger partial charge in [0.15, 0.2) is 0 Å². The molecule has 114 valence electrons. The Morgan fingerprint density at radius 3 is 2.10 bits per heavy atom. The first-order chi connectivity index (χ1) is 9.32. The largest absolute Gasteiger partial charge is 0.480 e. The van der Waals surface area contributed by atoms with Gasteiger partial charge in [-0.05, 0) is 19.3 Å². The summed E-state index contributed by atoms with van der Waals surface area (Å²) in [4.78, 5) is 43.3. The van der Waals surface area contributed by atoms with Crippen molar-refractivity contribution in [2.75, 3.05) is 6.54 Å². The minimum atomic E-state index is -1.24. The number of unbranched alkanes of at least 4 members (excludes halogenated alkanes) is 1. The zero-order chi connectivity index (χ0) is 15.5. The Morgan fingerprint density at radius 2 is 1.60 bits per heavy atom. The third kappa shape index (κ3) is 9.68. The molecule has 0 heterocycles. The van der Waals surface area contributed by atoms with Gasteiger partial charge < -0.3 is 27.2 Å². The minimum absolute atomic E-state index is 0.0697. The molecule has 0 aliphatic carbocycles. The Kier molecular flexibility index (Phi) is 8.48. The fraction of sp³-hybridized carbons (Fsp3) is 0.636. The van der Waals surface area contributed by atoms with Crippen molar-refractivity contribution in [2.45, 2.75) is 38.1 Å². The molecule has 0 saturated heterocycles. The molecule has 0 aromatic carbocycles. The summed E-state index contributed by atoms with van der Waals surface area (Å²) in [5.74, 6) is -2.29. The van der Waals surface area contributed by atoms with Crippen LogP contribution in [-0.4, -0.2) is 41.5 Å². The van der Waals surface area contributed by atoms with Crippen LogP contribution in [-0.2, 0) is 14.4 Å². The molecular weight excluding hydrogens is 268 g/mol. The standard InChI is InChI=1S/C11H20N4O5/c12-8(16)3-1-2-6-14-11(20)15-7(10(18)19)4-5-9(13)17/h7H,1-6H2,(H2,12,16)(H2,13,17)(H,18,19)(H2,14,15,20)/t7-/m0/s1. The lowest BCUT2D eigenvalue weighted by molar-refractivity contribution is -0.139. The molecule has 0 radical (unpaired) electrons. The van der Waals surface area contributed by atoms with Gasteiger partial charge in [-0.2, -0.15) is 0 Å². The van der Waals surface area contributed by atoms with Crippen LogP contribution in [0.5, 0.6) is 0 Å². The van der Waals surface area contributed by atoms with E-state index in [-0.39, 0.29) is 19.3 Å². The van der Waals surface area contributed by atoms with Crippen LogP contribution >= 0.6 is 0 Å². The maximum Gasteiger partial charge on any atom is 0.326 e. The highest BCUT2D eigenvalue weighted by Gasteiger charge is 2.20. The number of urea groups is 1. The molecule has 0 saturated carbocycles. The molecule has 4 amide bonds. The molecule has 9 heteroatoms. The predicted molar refractivity (Wildman–Crippen MR) is 69.4 cm³/mol. The van der Waals surface area contributed by atoms with Crippen molar-refractivity contribution in [3.8, 4) is 0 Å². The van der Waals surface area contributed by atoms with Crippen molar-refractivity contribution in [1.82, 2.24) is 10.6 Å². The van der Waals surface area contributed by atoms with Crippen molar-refractivity contribution in [1.29, 1.82) is 0 Å². The van der Waals surface area contributed by atoms with Crippen molar-refractivity contribution in [2.24, 2.45) is 11.5 Å². The zero-order valence-electron chi connectivity index (χ0n) is 11.1. The maximum absolute atomic E-state index is 11.4. The molecule has 0 fully saturated rings. The van der Waals surface area contributed by atoms with Crippen LogP contribution in [0, 0.1) is 0 Å². The first-order valence-corrected chi connectivity index (χ1v) is 6.16. The molecule has 0 aliphatic heterocycles. The average molecular weight is 288 g/mol. The fourth-order valence-corrected chi connectivity index (χ4v) is 1.38. The number of hydrogen-bond donors (Lipinski definition) is 5. The number of carboxylic acids is 1. The highest BCUT2D eigenvalue weighted by atomic mass is 16.4. The molecule has 0 aromatic heterocycles. The Balaban J connectivity index is 3.92. The number of aliphatic carboxylic acids is 1. The molecule has 0 aliphatic rings. The lowest BCUT2D eigenvalue weighted by Crippen LogP contribution is -2.46. The van der Waals surface area contributed by atoms with E-state index in [1.807, 2.05) is 0 Å². The van der Waals surface area contributed by atoms with Crippen LogP contribution in [0.1, 0.15) is 32.1 Å². The summed E-state index contributed by atoms with van der Waals surface area (Å²) >= 11 is 0. The summed E-state index contributed by atoms with van der Waals surface area (Å²) in [6, 6.07) is -1.82. The van der Waals surface area contributed by atoms with Crippen molar-refractivity contribution < 1.29 is 24.3 Å². The summed E-state index contributed by atoms with van der Waals surface area (Å²) in [6.45, 7) is 0.293. The number of rotatable bonds is 10. The van der Waals surface area contributed by atoms with E-state index in [0.29, 0.717) is 19.4 Å². The van der Waals surface area contributed by atoms with Gasteiger partial charge in [0.1, 0.15) is 6.04 Å². The average Bonchev–Trinajstić information content (AvgIpc) is 2.32. The van der Waals surface area contributed by atoms with Crippen molar-refractivity contribution in [3.05, 3.63) is 0 Å².